The zero-order valence-electron chi connectivity index (χ0n) is 15.6. The first kappa shape index (κ1) is 18.8. The number of carbonyl (C=O) groups is 1. The third-order valence-electron chi connectivity index (χ3n) is 3.82. The van der Waals surface area contributed by atoms with Crippen LogP contribution in [0.15, 0.2) is 22.7 Å². The molecule has 136 valence electrons. The Morgan fingerprint density at radius 2 is 1.84 bits per heavy atom. The van der Waals surface area contributed by atoms with Gasteiger partial charge in [0, 0.05) is 17.5 Å². The number of rotatable bonds is 7. The molecule has 0 saturated heterocycles. The smallest absolute Gasteiger partial charge is 0.246 e. The molecular formula is C18H25N3O4. The molecular weight excluding hydrogens is 322 g/mol. The summed E-state index contributed by atoms with van der Waals surface area (Å²) in [6.07, 6.45) is 0. The molecule has 0 aliphatic heterocycles. The van der Waals surface area contributed by atoms with Crippen molar-refractivity contribution in [1.29, 1.82) is 0 Å². The third kappa shape index (κ3) is 4.29. The second-order valence-electron chi connectivity index (χ2n) is 6.30. The van der Waals surface area contributed by atoms with Gasteiger partial charge in [0.25, 0.3) is 0 Å². The van der Waals surface area contributed by atoms with Crippen LogP contribution in [0.5, 0.6) is 11.5 Å². The predicted molar refractivity (Wildman–Crippen MR) is 93.4 cm³/mol. The van der Waals surface area contributed by atoms with Crippen LogP contribution in [-0.4, -0.2) is 41.2 Å². The van der Waals surface area contributed by atoms with Crippen LogP contribution in [0, 0.1) is 5.92 Å². The molecule has 0 fully saturated rings. The van der Waals surface area contributed by atoms with Gasteiger partial charge in [-0.05, 0) is 32.0 Å². The van der Waals surface area contributed by atoms with Gasteiger partial charge in [0.1, 0.15) is 6.54 Å². The van der Waals surface area contributed by atoms with Crippen LogP contribution in [-0.2, 0) is 11.3 Å². The van der Waals surface area contributed by atoms with E-state index in [2.05, 4.69) is 10.1 Å². The van der Waals surface area contributed by atoms with E-state index >= 15 is 0 Å². The van der Waals surface area contributed by atoms with Crippen molar-refractivity contribution in [2.45, 2.75) is 40.3 Å². The van der Waals surface area contributed by atoms with Crippen LogP contribution >= 0.6 is 0 Å². The molecule has 0 N–H and O–H groups in total. The van der Waals surface area contributed by atoms with Crippen molar-refractivity contribution in [2.24, 2.45) is 5.92 Å². The molecule has 25 heavy (non-hydrogen) atoms. The molecule has 7 nitrogen and oxygen atoms in total. The Kier molecular flexibility index (Phi) is 6.01. The maximum absolute atomic E-state index is 12.3. The Hall–Kier alpha value is -2.57. The minimum absolute atomic E-state index is 0.0475. The maximum atomic E-state index is 12.3. The van der Waals surface area contributed by atoms with Crippen molar-refractivity contribution in [3.63, 3.8) is 0 Å². The molecule has 0 aliphatic carbocycles. The summed E-state index contributed by atoms with van der Waals surface area (Å²) in [7, 11) is 3.15. The second kappa shape index (κ2) is 8.00. The summed E-state index contributed by atoms with van der Waals surface area (Å²) in [4.78, 5) is 18.5. The van der Waals surface area contributed by atoms with Gasteiger partial charge < -0.3 is 18.9 Å². The minimum atomic E-state index is -0.0874. The molecule has 2 aromatic rings. The molecule has 0 spiro atoms. The zero-order valence-corrected chi connectivity index (χ0v) is 15.6. The number of hydrogen-bond donors (Lipinski definition) is 0. The van der Waals surface area contributed by atoms with E-state index in [1.165, 1.54) is 0 Å². The number of benzene rings is 1. The lowest BCUT2D eigenvalue weighted by atomic mass is 10.1. The van der Waals surface area contributed by atoms with E-state index in [0.717, 1.165) is 5.56 Å². The number of hydrogen-bond acceptors (Lipinski definition) is 6. The lowest BCUT2D eigenvalue weighted by Crippen LogP contribution is -2.39. The fraction of sp³-hybridized carbons (Fsp3) is 0.500. The van der Waals surface area contributed by atoms with Crippen LogP contribution in [0.4, 0.5) is 0 Å². The van der Waals surface area contributed by atoms with Gasteiger partial charge in [-0.25, -0.2) is 0 Å². The number of amides is 1. The minimum Gasteiger partial charge on any atom is -0.493 e. The summed E-state index contributed by atoms with van der Waals surface area (Å²) in [6, 6.07) is 5.45. The van der Waals surface area contributed by atoms with Crippen LogP contribution in [0.25, 0.3) is 11.4 Å². The van der Waals surface area contributed by atoms with Crippen molar-refractivity contribution in [1.82, 2.24) is 15.0 Å². The summed E-state index contributed by atoms with van der Waals surface area (Å²) in [6.45, 7) is 7.97. The standard InChI is InChI=1S/C18H25N3O4/c1-11(2)18(22)21(12(3)4)10-16-19-17(20-25-16)13-7-8-14(23-5)15(9-13)24-6/h7-9,11-12H,10H2,1-6H3. The molecule has 1 aromatic heterocycles. The number of methoxy groups -OCH3 is 2. The molecule has 2 rings (SSSR count). The highest BCUT2D eigenvalue weighted by Gasteiger charge is 2.23. The molecule has 0 atom stereocenters. The lowest BCUT2D eigenvalue weighted by molar-refractivity contribution is -0.137. The first-order chi connectivity index (χ1) is 11.9. The van der Waals surface area contributed by atoms with Crippen molar-refractivity contribution in [2.75, 3.05) is 14.2 Å². The van der Waals surface area contributed by atoms with Gasteiger partial charge in [0.15, 0.2) is 11.5 Å². The van der Waals surface area contributed by atoms with Gasteiger partial charge in [-0.3, -0.25) is 4.79 Å². The van der Waals surface area contributed by atoms with Gasteiger partial charge in [0.05, 0.1) is 14.2 Å². The topological polar surface area (TPSA) is 77.7 Å². The number of aromatic nitrogens is 2. The number of carbonyl (C=O) groups excluding carboxylic acids is 1. The highest BCUT2D eigenvalue weighted by molar-refractivity contribution is 5.78. The Morgan fingerprint density at radius 1 is 1.16 bits per heavy atom. The average Bonchev–Trinajstić information content (AvgIpc) is 3.06. The van der Waals surface area contributed by atoms with E-state index in [1.54, 1.807) is 31.3 Å². The fourth-order valence-electron chi connectivity index (χ4n) is 2.40. The van der Waals surface area contributed by atoms with E-state index in [1.807, 2.05) is 33.8 Å². The van der Waals surface area contributed by atoms with Gasteiger partial charge in [-0.2, -0.15) is 4.98 Å². The van der Waals surface area contributed by atoms with Gasteiger partial charge in [-0.15, -0.1) is 0 Å². The summed E-state index contributed by atoms with van der Waals surface area (Å²) >= 11 is 0. The largest absolute Gasteiger partial charge is 0.493 e. The van der Waals surface area contributed by atoms with Crippen molar-refractivity contribution < 1.29 is 18.8 Å². The van der Waals surface area contributed by atoms with E-state index in [-0.39, 0.29) is 24.4 Å². The van der Waals surface area contributed by atoms with E-state index in [4.69, 9.17) is 14.0 Å². The molecule has 0 bridgehead atoms. The zero-order chi connectivity index (χ0) is 18.6. The summed E-state index contributed by atoms with van der Waals surface area (Å²) in [5.41, 5.74) is 0.749. The monoisotopic (exact) mass is 347 g/mol. The first-order valence-corrected chi connectivity index (χ1v) is 8.22. The molecule has 0 radical (unpaired) electrons. The molecule has 7 heteroatoms. The Labute approximate surface area is 147 Å². The van der Waals surface area contributed by atoms with Gasteiger partial charge >= 0.3 is 0 Å². The van der Waals surface area contributed by atoms with Crippen molar-refractivity contribution >= 4 is 5.91 Å². The Balaban J connectivity index is 2.23. The summed E-state index contributed by atoms with van der Waals surface area (Å²) < 4.78 is 15.9. The fourth-order valence-corrected chi connectivity index (χ4v) is 2.40. The number of ether oxygens (including phenoxy) is 2. The highest BCUT2D eigenvalue weighted by atomic mass is 16.5. The molecule has 0 unspecified atom stereocenters. The second-order valence-corrected chi connectivity index (χ2v) is 6.30. The number of nitrogens with zero attached hydrogens (tertiary/aromatic N) is 3. The first-order valence-electron chi connectivity index (χ1n) is 8.22. The van der Waals surface area contributed by atoms with Crippen molar-refractivity contribution in [3.05, 3.63) is 24.1 Å². The Bertz CT molecular complexity index is 725. The molecule has 0 saturated carbocycles. The molecule has 1 heterocycles. The van der Waals surface area contributed by atoms with Gasteiger partial charge in [0.2, 0.25) is 17.6 Å². The summed E-state index contributed by atoms with van der Waals surface area (Å²) in [5.74, 6) is 2.02. The molecule has 0 aliphatic rings. The quantitative estimate of drug-likeness (QED) is 0.766. The lowest BCUT2D eigenvalue weighted by Gasteiger charge is -2.26. The van der Waals surface area contributed by atoms with Crippen molar-refractivity contribution in [3.8, 4) is 22.9 Å². The van der Waals surface area contributed by atoms with Crippen LogP contribution in [0.2, 0.25) is 0 Å². The average molecular weight is 347 g/mol. The molecule has 1 aromatic carbocycles. The normalized spacial score (nSPS) is 11.0. The van der Waals surface area contributed by atoms with E-state index in [9.17, 15) is 4.79 Å². The SMILES string of the molecule is COc1ccc(-c2noc(CN(C(=O)C(C)C)C(C)C)n2)cc1OC. The van der Waals surface area contributed by atoms with E-state index < -0.39 is 0 Å². The third-order valence-corrected chi connectivity index (χ3v) is 3.82. The van der Waals surface area contributed by atoms with Gasteiger partial charge in [-0.1, -0.05) is 19.0 Å². The van der Waals surface area contributed by atoms with Crippen LogP contribution < -0.4 is 9.47 Å². The molecule has 1 amide bonds. The Morgan fingerprint density at radius 3 is 2.40 bits per heavy atom. The van der Waals surface area contributed by atoms with Crippen LogP contribution in [0.3, 0.4) is 0 Å². The van der Waals surface area contributed by atoms with Crippen LogP contribution in [0.1, 0.15) is 33.6 Å². The highest BCUT2D eigenvalue weighted by Crippen LogP contribution is 2.31. The van der Waals surface area contributed by atoms with E-state index in [0.29, 0.717) is 23.2 Å². The predicted octanol–water partition coefficient (Wildman–Crippen LogP) is 3.15. The maximum Gasteiger partial charge on any atom is 0.246 e. The summed E-state index contributed by atoms with van der Waals surface area (Å²) in [5, 5.41) is 4.01.